The third-order valence-corrected chi connectivity index (χ3v) is 3.63. The second-order valence-electron chi connectivity index (χ2n) is 5.75. The number of esters is 1. The average molecular weight is 326 g/mol. The Balaban J connectivity index is 1.84. The monoisotopic (exact) mass is 326 g/mol. The molecular formula is C19H22N2O3. The molecule has 0 aromatic heterocycles. The summed E-state index contributed by atoms with van der Waals surface area (Å²) in [6.45, 7) is 0.204. The van der Waals surface area contributed by atoms with Gasteiger partial charge in [-0.2, -0.15) is 0 Å². The van der Waals surface area contributed by atoms with E-state index < -0.39 is 5.97 Å². The van der Waals surface area contributed by atoms with Gasteiger partial charge in [0.2, 0.25) is 0 Å². The van der Waals surface area contributed by atoms with E-state index >= 15 is 0 Å². The summed E-state index contributed by atoms with van der Waals surface area (Å²) in [7, 11) is 5.65. The van der Waals surface area contributed by atoms with Gasteiger partial charge in [0.15, 0.2) is 6.61 Å². The number of hydrogen-bond donors (Lipinski definition) is 0. The number of carbonyl (C=O) groups excluding carboxylic acids is 2. The number of anilines is 1. The largest absolute Gasteiger partial charge is 0.452 e. The van der Waals surface area contributed by atoms with Gasteiger partial charge in [0.05, 0.1) is 5.56 Å². The maximum atomic E-state index is 12.1. The van der Waals surface area contributed by atoms with Gasteiger partial charge in [-0.1, -0.05) is 30.3 Å². The highest BCUT2D eigenvalue weighted by Crippen LogP contribution is 2.13. The second kappa shape index (κ2) is 8.15. The van der Waals surface area contributed by atoms with E-state index in [1.165, 1.54) is 0 Å². The molecule has 2 rings (SSSR count). The molecule has 0 saturated heterocycles. The van der Waals surface area contributed by atoms with Gasteiger partial charge >= 0.3 is 5.97 Å². The van der Waals surface area contributed by atoms with E-state index in [1.807, 2.05) is 49.3 Å². The van der Waals surface area contributed by atoms with Gasteiger partial charge < -0.3 is 14.5 Å². The van der Waals surface area contributed by atoms with Gasteiger partial charge in [-0.05, 0) is 29.8 Å². The Bertz CT molecular complexity index is 682. The van der Waals surface area contributed by atoms with Crippen molar-refractivity contribution in [2.45, 2.75) is 6.54 Å². The summed E-state index contributed by atoms with van der Waals surface area (Å²) in [5.41, 5.74) is 2.56. The number of hydrogen-bond acceptors (Lipinski definition) is 4. The van der Waals surface area contributed by atoms with E-state index in [4.69, 9.17) is 4.74 Å². The molecule has 0 unspecified atom stereocenters. The van der Waals surface area contributed by atoms with Crippen molar-refractivity contribution in [1.29, 1.82) is 0 Å². The van der Waals surface area contributed by atoms with Crippen LogP contribution in [0, 0.1) is 0 Å². The molecule has 0 aliphatic heterocycles. The molecule has 0 fully saturated rings. The highest BCUT2D eigenvalue weighted by Gasteiger charge is 2.13. The zero-order valence-corrected chi connectivity index (χ0v) is 14.2. The normalized spacial score (nSPS) is 10.1. The number of nitrogens with zero attached hydrogens (tertiary/aromatic N) is 2. The van der Waals surface area contributed by atoms with Crippen LogP contribution in [0.3, 0.4) is 0 Å². The summed E-state index contributed by atoms with van der Waals surface area (Å²) >= 11 is 0. The summed E-state index contributed by atoms with van der Waals surface area (Å²) in [4.78, 5) is 27.5. The lowest BCUT2D eigenvalue weighted by Gasteiger charge is -2.18. The van der Waals surface area contributed by atoms with Crippen molar-refractivity contribution >= 4 is 17.6 Å². The van der Waals surface area contributed by atoms with Gasteiger partial charge in [0, 0.05) is 33.4 Å². The zero-order valence-electron chi connectivity index (χ0n) is 14.2. The molecule has 1 amide bonds. The molecule has 0 spiro atoms. The Hall–Kier alpha value is -2.82. The number of ether oxygens (including phenoxy) is 1. The molecule has 5 nitrogen and oxygen atoms in total. The first-order chi connectivity index (χ1) is 11.5. The minimum atomic E-state index is -0.493. The molecule has 0 radical (unpaired) electrons. The van der Waals surface area contributed by atoms with Gasteiger partial charge in [-0.3, -0.25) is 4.79 Å². The molecule has 0 aliphatic rings. The predicted molar refractivity (Wildman–Crippen MR) is 94.0 cm³/mol. The maximum Gasteiger partial charge on any atom is 0.338 e. The average Bonchev–Trinajstić information content (AvgIpc) is 2.60. The van der Waals surface area contributed by atoms with E-state index in [2.05, 4.69) is 0 Å². The SMILES string of the molecule is CN(Cc1ccc(N(C)C)cc1)C(=O)COC(=O)c1ccccc1. The molecule has 0 heterocycles. The first-order valence-electron chi connectivity index (χ1n) is 7.70. The van der Waals surface area contributed by atoms with Crippen molar-refractivity contribution in [2.75, 3.05) is 32.6 Å². The molecule has 0 aliphatic carbocycles. The van der Waals surface area contributed by atoms with Gasteiger partial charge in [0.1, 0.15) is 0 Å². The minimum absolute atomic E-state index is 0.240. The van der Waals surface area contributed by atoms with E-state index in [1.54, 1.807) is 36.2 Å². The first-order valence-corrected chi connectivity index (χ1v) is 7.70. The zero-order chi connectivity index (χ0) is 17.5. The number of amides is 1. The van der Waals surface area contributed by atoms with Crippen LogP contribution in [0.2, 0.25) is 0 Å². The fourth-order valence-electron chi connectivity index (χ4n) is 2.16. The van der Waals surface area contributed by atoms with Crippen LogP contribution in [0.5, 0.6) is 0 Å². The van der Waals surface area contributed by atoms with E-state index in [0.29, 0.717) is 12.1 Å². The molecule has 0 bridgehead atoms. The van der Waals surface area contributed by atoms with Crippen molar-refractivity contribution in [3.8, 4) is 0 Å². The topological polar surface area (TPSA) is 49.9 Å². The van der Waals surface area contributed by atoms with Crippen LogP contribution in [-0.4, -0.2) is 44.5 Å². The van der Waals surface area contributed by atoms with Crippen LogP contribution in [0.4, 0.5) is 5.69 Å². The Morgan fingerprint density at radius 2 is 1.54 bits per heavy atom. The molecule has 2 aromatic carbocycles. The molecule has 0 N–H and O–H groups in total. The van der Waals surface area contributed by atoms with Crippen LogP contribution >= 0.6 is 0 Å². The van der Waals surface area contributed by atoms with Crippen molar-refractivity contribution < 1.29 is 14.3 Å². The Morgan fingerprint density at radius 3 is 2.12 bits per heavy atom. The van der Waals surface area contributed by atoms with Crippen molar-refractivity contribution in [3.05, 3.63) is 65.7 Å². The maximum absolute atomic E-state index is 12.1. The summed E-state index contributed by atoms with van der Waals surface area (Å²) in [5, 5.41) is 0. The molecule has 2 aromatic rings. The quantitative estimate of drug-likeness (QED) is 0.766. The molecule has 126 valence electrons. The number of benzene rings is 2. The smallest absolute Gasteiger partial charge is 0.338 e. The highest BCUT2D eigenvalue weighted by molar-refractivity contribution is 5.91. The third kappa shape index (κ3) is 4.84. The Morgan fingerprint density at radius 1 is 0.917 bits per heavy atom. The number of carbonyl (C=O) groups is 2. The highest BCUT2D eigenvalue weighted by atomic mass is 16.5. The van der Waals surface area contributed by atoms with E-state index in [9.17, 15) is 9.59 Å². The lowest BCUT2D eigenvalue weighted by Crippen LogP contribution is -2.30. The fourth-order valence-corrected chi connectivity index (χ4v) is 2.16. The number of rotatable bonds is 6. The van der Waals surface area contributed by atoms with Crippen molar-refractivity contribution in [1.82, 2.24) is 4.90 Å². The lowest BCUT2D eigenvalue weighted by atomic mass is 10.2. The van der Waals surface area contributed by atoms with Crippen LogP contribution in [0.25, 0.3) is 0 Å². The van der Waals surface area contributed by atoms with Crippen molar-refractivity contribution in [2.24, 2.45) is 0 Å². The summed E-state index contributed by atoms with van der Waals surface area (Å²) in [5.74, 6) is -0.733. The number of likely N-dealkylation sites (N-methyl/N-ethyl adjacent to an activating group) is 1. The van der Waals surface area contributed by atoms with Crippen LogP contribution in [0.15, 0.2) is 54.6 Å². The Labute approximate surface area is 142 Å². The van der Waals surface area contributed by atoms with Crippen LogP contribution < -0.4 is 4.90 Å². The molecule has 5 heteroatoms. The first kappa shape index (κ1) is 17.5. The van der Waals surface area contributed by atoms with Gasteiger partial charge in [-0.25, -0.2) is 4.79 Å². The lowest BCUT2D eigenvalue weighted by molar-refractivity contribution is -0.133. The van der Waals surface area contributed by atoms with Gasteiger partial charge in [0.25, 0.3) is 5.91 Å². The molecule has 24 heavy (non-hydrogen) atoms. The molecule has 0 atom stereocenters. The van der Waals surface area contributed by atoms with Crippen LogP contribution in [-0.2, 0) is 16.1 Å². The van der Waals surface area contributed by atoms with E-state index in [0.717, 1.165) is 11.3 Å². The minimum Gasteiger partial charge on any atom is -0.452 e. The van der Waals surface area contributed by atoms with Crippen molar-refractivity contribution in [3.63, 3.8) is 0 Å². The third-order valence-electron chi connectivity index (χ3n) is 3.63. The summed E-state index contributed by atoms with van der Waals surface area (Å²) in [6, 6.07) is 16.6. The fraction of sp³-hybridized carbons (Fsp3) is 0.263. The summed E-state index contributed by atoms with van der Waals surface area (Å²) in [6.07, 6.45) is 0. The second-order valence-corrected chi connectivity index (χ2v) is 5.75. The summed E-state index contributed by atoms with van der Waals surface area (Å²) < 4.78 is 5.06. The predicted octanol–water partition coefficient (Wildman–Crippen LogP) is 2.57. The van der Waals surface area contributed by atoms with E-state index in [-0.39, 0.29) is 12.5 Å². The molecule has 0 saturated carbocycles. The molecular weight excluding hydrogens is 304 g/mol. The Kier molecular flexibility index (Phi) is 5.95. The van der Waals surface area contributed by atoms with Crippen LogP contribution in [0.1, 0.15) is 15.9 Å². The standard InChI is InChI=1S/C19H22N2O3/c1-20(2)17-11-9-15(10-12-17)13-21(3)18(22)14-24-19(23)16-7-5-4-6-8-16/h4-12H,13-14H2,1-3H3. The van der Waals surface area contributed by atoms with Gasteiger partial charge in [-0.15, -0.1) is 0 Å².